The molecule has 1 aromatic carbocycles. The molecule has 1 aromatic rings. The van der Waals surface area contributed by atoms with Gasteiger partial charge in [-0.1, -0.05) is 18.0 Å². The first-order valence-corrected chi connectivity index (χ1v) is 6.42. The fraction of sp³-hybridized carbons (Fsp3) is 0.500. The number of ether oxygens (including phenoxy) is 1. The Morgan fingerprint density at radius 1 is 1.42 bits per heavy atom. The molecule has 1 aliphatic rings. The molecule has 0 amide bonds. The highest BCUT2D eigenvalue weighted by molar-refractivity contribution is 6.31. The van der Waals surface area contributed by atoms with E-state index in [1.54, 1.807) is 0 Å². The normalized spacial score (nSPS) is 23.1. The van der Waals surface area contributed by atoms with E-state index in [9.17, 15) is 14.5 Å². The number of nitro groups is 1. The lowest BCUT2D eigenvalue weighted by molar-refractivity contribution is -0.386. The predicted octanol–water partition coefficient (Wildman–Crippen LogP) is 3.04. The number of hydrogen-bond acceptors (Lipinski definition) is 4. The maximum Gasteiger partial charge on any atom is 0.312 e. The van der Waals surface area contributed by atoms with Gasteiger partial charge in [0.15, 0.2) is 5.75 Å². The molecular weight excluding hydrogens is 275 g/mol. The zero-order chi connectivity index (χ0) is 14.0. The predicted molar refractivity (Wildman–Crippen MR) is 68.9 cm³/mol. The second-order valence-corrected chi connectivity index (χ2v) is 5.00. The van der Waals surface area contributed by atoms with Gasteiger partial charge in [-0.15, -0.1) is 0 Å². The number of hydrogen-bond donors (Lipinski definition) is 1. The summed E-state index contributed by atoms with van der Waals surface area (Å²) in [6, 6.07) is 1.72. The van der Waals surface area contributed by atoms with Crippen LogP contribution in [0.1, 0.15) is 25.7 Å². The van der Waals surface area contributed by atoms with Gasteiger partial charge in [-0.3, -0.25) is 10.1 Å². The van der Waals surface area contributed by atoms with Crippen LogP contribution < -0.4 is 10.5 Å². The maximum atomic E-state index is 13.4. The molecule has 0 saturated heterocycles. The van der Waals surface area contributed by atoms with Gasteiger partial charge in [-0.2, -0.15) is 0 Å². The summed E-state index contributed by atoms with van der Waals surface area (Å²) in [6.45, 7) is 0. The Labute approximate surface area is 114 Å². The third-order valence-electron chi connectivity index (χ3n) is 3.23. The molecule has 1 aliphatic carbocycles. The molecule has 0 bridgehead atoms. The van der Waals surface area contributed by atoms with Crippen molar-refractivity contribution in [1.29, 1.82) is 0 Å². The first kappa shape index (κ1) is 14.0. The van der Waals surface area contributed by atoms with Crippen LogP contribution in [0.3, 0.4) is 0 Å². The van der Waals surface area contributed by atoms with E-state index in [0.29, 0.717) is 6.42 Å². The van der Waals surface area contributed by atoms with Crippen LogP contribution in [0, 0.1) is 15.9 Å². The molecule has 2 unspecified atom stereocenters. The van der Waals surface area contributed by atoms with Gasteiger partial charge in [0.1, 0.15) is 11.9 Å². The number of nitro benzene ring substituents is 1. The lowest BCUT2D eigenvalue weighted by atomic mass is 9.93. The molecular formula is C12H14ClFN2O3. The Morgan fingerprint density at radius 3 is 2.74 bits per heavy atom. The Hall–Kier alpha value is -1.40. The summed E-state index contributed by atoms with van der Waals surface area (Å²) in [5.74, 6) is -0.860. The van der Waals surface area contributed by atoms with Crippen LogP contribution in [0.4, 0.5) is 10.1 Å². The molecule has 2 rings (SSSR count). The largest absolute Gasteiger partial charge is 0.482 e. The van der Waals surface area contributed by atoms with Crippen LogP contribution in [-0.2, 0) is 0 Å². The number of nitrogens with zero attached hydrogens (tertiary/aromatic N) is 1. The quantitative estimate of drug-likeness (QED) is 0.685. The standard InChI is InChI=1S/C12H14ClFN2O3/c13-7-5-10(16(17)18)12(6-8(7)14)19-11-4-2-1-3-9(11)15/h5-6,9,11H,1-4,15H2. The van der Waals surface area contributed by atoms with Gasteiger partial charge in [-0.25, -0.2) is 4.39 Å². The Morgan fingerprint density at radius 2 is 2.11 bits per heavy atom. The molecule has 0 aliphatic heterocycles. The summed E-state index contributed by atoms with van der Waals surface area (Å²) >= 11 is 5.54. The minimum Gasteiger partial charge on any atom is -0.482 e. The van der Waals surface area contributed by atoms with Gasteiger partial charge in [0.2, 0.25) is 0 Å². The second kappa shape index (κ2) is 5.71. The maximum absolute atomic E-state index is 13.4. The SMILES string of the molecule is NC1CCCCC1Oc1cc(F)c(Cl)cc1[N+](=O)[O-]. The topological polar surface area (TPSA) is 78.4 Å². The van der Waals surface area contributed by atoms with E-state index in [2.05, 4.69) is 0 Å². The lowest BCUT2D eigenvalue weighted by Gasteiger charge is -2.28. The minimum absolute atomic E-state index is 0.116. The van der Waals surface area contributed by atoms with E-state index in [1.807, 2.05) is 0 Å². The van der Waals surface area contributed by atoms with E-state index >= 15 is 0 Å². The van der Waals surface area contributed by atoms with E-state index in [4.69, 9.17) is 22.1 Å². The molecule has 0 spiro atoms. The van der Waals surface area contributed by atoms with E-state index in [0.717, 1.165) is 31.4 Å². The highest BCUT2D eigenvalue weighted by Gasteiger charge is 2.27. The van der Waals surface area contributed by atoms with Crippen molar-refractivity contribution in [2.24, 2.45) is 5.73 Å². The van der Waals surface area contributed by atoms with Gasteiger partial charge in [0, 0.05) is 18.2 Å². The van der Waals surface area contributed by atoms with Crippen LogP contribution in [0.2, 0.25) is 5.02 Å². The zero-order valence-electron chi connectivity index (χ0n) is 10.1. The molecule has 2 N–H and O–H groups in total. The monoisotopic (exact) mass is 288 g/mol. The van der Waals surface area contributed by atoms with Crippen LogP contribution in [0.5, 0.6) is 5.75 Å². The Kier molecular flexibility index (Phi) is 4.21. The van der Waals surface area contributed by atoms with Crippen molar-refractivity contribution in [3.05, 3.63) is 33.1 Å². The summed E-state index contributed by atoms with van der Waals surface area (Å²) < 4.78 is 18.9. The first-order chi connectivity index (χ1) is 8.99. The van der Waals surface area contributed by atoms with Crippen LogP contribution in [0.25, 0.3) is 0 Å². The van der Waals surface area contributed by atoms with Crippen molar-refractivity contribution in [3.63, 3.8) is 0 Å². The van der Waals surface area contributed by atoms with Crippen molar-refractivity contribution >= 4 is 17.3 Å². The molecule has 0 aromatic heterocycles. The van der Waals surface area contributed by atoms with Crippen LogP contribution in [-0.4, -0.2) is 17.1 Å². The van der Waals surface area contributed by atoms with E-state index in [1.165, 1.54) is 0 Å². The summed E-state index contributed by atoms with van der Waals surface area (Å²) in [5.41, 5.74) is 5.56. The highest BCUT2D eigenvalue weighted by Crippen LogP contribution is 2.34. The molecule has 0 heterocycles. The number of rotatable bonds is 3. The van der Waals surface area contributed by atoms with Crippen molar-refractivity contribution < 1.29 is 14.1 Å². The van der Waals surface area contributed by atoms with Gasteiger partial charge in [0.05, 0.1) is 9.95 Å². The van der Waals surface area contributed by atoms with Crippen molar-refractivity contribution in [2.45, 2.75) is 37.8 Å². The van der Waals surface area contributed by atoms with Crippen LogP contribution in [0.15, 0.2) is 12.1 Å². The average Bonchev–Trinajstić information content (AvgIpc) is 2.36. The third-order valence-corrected chi connectivity index (χ3v) is 3.52. The van der Waals surface area contributed by atoms with Gasteiger partial charge < -0.3 is 10.5 Å². The van der Waals surface area contributed by atoms with Gasteiger partial charge >= 0.3 is 5.69 Å². The molecule has 0 radical (unpaired) electrons. The second-order valence-electron chi connectivity index (χ2n) is 4.60. The fourth-order valence-electron chi connectivity index (χ4n) is 2.19. The van der Waals surface area contributed by atoms with Crippen molar-refractivity contribution in [3.8, 4) is 5.75 Å². The van der Waals surface area contributed by atoms with Crippen LogP contribution >= 0.6 is 11.6 Å². The average molecular weight is 289 g/mol. The smallest absolute Gasteiger partial charge is 0.312 e. The molecule has 5 nitrogen and oxygen atoms in total. The van der Waals surface area contributed by atoms with Crippen molar-refractivity contribution in [2.75, 3.05) is 0 Å². The van der Waals surface area contributed by atoms with Gasteiger partial charge in [0.25, 0.3) is 0 Å². The summed E-state index contributed by atoms with van der Waals surface area (Å²) in [6.07, 6.45) is 3.14. The molecule has 2 atom stereocenters. The summed E-state index contributed by atoms with van der Waals surface area (Å²) in [7, 11) is 0. The minimum atomic E-state index is -0.744. The molecule has 104 valence electrons. The Balaban J connectivity index is 2.27. The molecule has 1 fully saturated rings. The Bertz CT molecular complexity index is 498. The van der Waals surface area contributed by atoms with E-state index in [-0.39, 0.29) is 28.6 Å². The highest BCUT2D eigenvalue weighted by atomic mass is 35.5. The molecule has 1 saturated carbocycles. The number of nitrogens with two attached hydrogens (primary N) is 1. The summed E-state index contributed by atoms with van der Waals surface area (Å²) in [5, 5.41) is 10.6. The third kappa shape index (κ3) is 3.13. The van der Waals surface area contributed by atoms with Gasteiger partial charge in [-0.05, 0) is 19.3 Å². The van der Waals surface area contributed by atoms with Crippen molar-refractivity contribution in [1.82, 2.24) is 0 Å². The zero-order valence-corrected chi connectivity index (χ0v) is 10.9. The fourth-order valence-corrected chi connectivity index (χ4v) is 2.35. The first-order valence-electron chi connectivity index (χ1n) is 6.04. The van der Waals surface area contributed by atoms with E-state index < -0.39 is 10.7 Å². The lowest BCUT2D eigenvalue weighted by Crippen LogP contribution is -2.41. The summed E-state index contributed by atoms with van der Waals surface area (Å²) in [4.78, 5) is 10.3. The molecule has 7 heteroatoms. The number of halogens is 2. The molecule has 19 heavy (non-hydrogen) atoms. The number of benzene rings is 1.